The van der Waals surface area contributed by atoms with E-state index < -0.39 is 5.97 Å². The van der Waals surface area contributed by atoms with Gasteiger partial charge in [-0.15, -0.1) is 11.3 Å². The molecular formula is C20H18N4O3S. The molecule has 3 rings (SSSR count). The number of amides is 1. The van der Waals surface area contributed by atoms with E-state index in [1.165, 1.54) is 11.3 Å². The third-order valence-electron chi connectivity index (χ3n) is 3.71. The molecule has 28 heavy (non-hydrogen) atoms. The van der Waals surface area contributed by atoms with E-state index in [9.17, 15) is 9.59 Å². The van der Waals surface area contributed by atoms with Gasteiger partial charge >= 0.3 is 5.97 Å². The summed E-state index contributed by atoms with van der Waals surface area (Å²) in [5.74, 6) is -1.32. The SMILES string of the molecule is O=C(O)CCC(=O)Nc1ccc(-c2csc(N/N=C/c3ccccc3)n2)cc1. The van der Waals surface area contributed by atoms with Crippen LogP contribution in [0.25, 0.3) is 11.3 Å². The van der Waals surface area contributed by atoms with Gasteiger partial charge in [-0.05, 0) is 17.7 Å². The van der Waals surface area contributed by atoms with Crippen LogP contribution in [0, 0.1) is 0 Å². The monoisotopic (exact) mass is 394 g/mol. The van der Waals surface area contributed by atoms with E-state index in [0.717, 1.165) is 16.8 Å². The van der Waals surface area contributed by atoms with Crippen LogP contribution in [0.1, 0.15) is 18.4 Å². The van der Waals surface area contributed by atoms with Gasteiger partial charge in [0.1, 0.15) is 0 Å². The number of anilines is 2. The highest BCUT2D eigenvalue weighted by molar-refractivity contribution is 7.14. The fourth-order valence-electron chi connectivity index (χ4n) is 2.33. The van der Waals surface area contributed by atoms with Gasteiger partial charge in [0.15, 0.2) is 0 Å². The Hall–Kier alpha value is -3.52. The number of hydrazone groups is 1. The molecule has 2 aromatic carbocycles. The van der Waals surface area contributed by atoms with E-state index in [1.54, 1.807) is 18.3 Å². The first-order chi connectivity index (χ1) is 13.6. The van der Waals surface area contributed by atoms with Gasteiger partial charge in [-0.3, -0.25) is 15.0 Å². The molecule has 3 N–H and O–H groups in total. The van der Waals surface area contributed by atoms with Crippen molar-refractivity contribution in [2.75, 3.05) is 10.7 Å². The number of nitrogens with zero attached hydrogens (tertiary/aromatic N) is 2. The largest absolute Gasteiger partial charge is 0.481 e. The first kappa shape index (κ1) is 19.2. The molecule has 0 spiro atoms. The number of hydrogen-bond acceptors (Lipinski definition) is 6. The van der Waals surface area contributed by atoms with E-state index in [1.807, 2.05) is 47.8 Å². The minimum atomic E-state index is -0.994. The van der Waals surface area contributed by atoms with E-state index in [-0.39, 0.29) is 18.7 Å². The van der Waals surface area contributed by atoms with Crippen molar-refractivity contribution in [3.63, 3.8) is 0 Å². The second-order valence-corrected chi connectivity index (χ2v) is 6.70. The van der Waals surface area contributed by atoms with Gasteiger partial charge in [-0.2, -0.15) is 5.10 Å². The van der Waals surface area contributed by atoms with Gasteiger partial charge in [0, 0.05) is 23.1 Å². The lowest BCUT2D eigenvalue weighted by atomic mass is 10.1. The zero-order valence-electron chi connectivity index (χ0n) is 14.8. The molecule has 0 unspecified atom stereocenters. The normalized spacial score (nSPS) is 10.7. The molecule has 0 aliphatic carbocycles. The third kappa shape index (κ3) is 5.75. The van der Waals surface area contributed by atoms with Crippen molar-refractivity contribution in [1.29, 1.82) is 0 Å². The number of benzene rings is 2. The summed E-state index contributed by atoms with van der Waals surface area (Å²) in [6.07, 6.45) is 1.48. The Morgan fingerprint density at radius 2 is 1.82 bits per heavy atom. The smallest absolute Gasteiger partial charge is 0.303 e. The zero-order valence-corrected chi connectivity index (χ0v) is 15.6. The maximum atomic E-state index is 11.7. The molecule has 0 atom stereocenters. The van der Waals surface area contributed by atoms with Gasteiger partial charge in [0.05, 0.1) is 18.3 Å². The molecule has 0 fully saturated rings. The summed E-state index contributed by atoms with van der Waals surface area (Å²) in [6, 6.07) is 17.0. The molecule has 0 aliphatic heterocycles. The summed E-state index contributed by atoms with van der Waals surface area (Å²) in [6.45, 7) is 0. The lowest BCUT2D eigenvalue weighted by Crippen LogP contribution is -2.13. The van der Waals surface area contributed by atoms with Gasteiger partial charge in [0.2, 0.25) is 11.0 Å². The molecule has 1 amide bonds. The van der Waals surface area contributed by atoms with Crippen LogP contribution >= 0.6 is 11.3 Å². The van der Waals surface area contributed by atoms with E-state index in [2.05, 4.69) is 20.8 Å². The van der Waals surface area contributed by atoms with Crippen molar-refractivity contribution in [1.82, 2.24) is 4.98 Å². The van der Waals surface area contributed by atoms with Crippen LogP contribution < -0.4 is 10.7 Å². The third-order valence-corrected chi connectivity index (χ3v) is 4.45. The molecular weight excluding hydrogens is 376 g/mol. The van der Waals surface area contributed by atoms with Crippen molar-refractivity contribution in [3.05, 3.63) is 65.5 Å². The Morgan fingerprint density at radius 3 is 2.54 bits per heavy atom. The Bertz CT molecular complexity index is 969. The summed E-state index contributed by atoms with van der Waals surface area (Å²) in [5.41, 5.74) is 6.22. The predicted molar refractivity (Wildman–Crippen MR) is 111 cm³/mol. The first-order valence-corrected chi connectivity index (χ1v) is 9.40. The molecule has 0 aliphatic rings. The number of carboxylic acids is 1. The quantitative estimate of drug-likeness (QED) is 0.395. The lowest BCUT2D eigenvalue weighted by Gasteiger charge is -2.05. The molecule has 0 saturated heterocycles. The highest BCUT2D eigenvalue weighted by Gasteiger charge is 2.07. The van der Waals surface area contributed by atoms with E-state index in [0.29, 0.717) is 10.8 Å². The number of carbonyl (C=O) groups is 2. The molecule has 8 heteroatoms. The molecule has 1 heterocycles. The summed E-state index contributed by atoms with van der Waals surface area (Å²) < 4.78 is 0. The van der Waals surface area contributed by atoms with E-state index >= 15 is 0 Å². The number of carbonyl (C=O) groups excluding carboxylic acids is 1. The molecule has 0 saturated carbocycles. The van der Waals surface area contributed by atoms with Gasteiger partial charge in [-0.25, -0.2) is 4.98 Å². The number of hydrogen-bond donors (Lipinski definition) is 3. The van der Waals surface area contributed by atoms with Crippen LogP contribution in [0.2, 0.25) is 0 Å². The van der Waals surface area contributed by atoms with Gasteiger partial charge in [0.25, 0.3) is 0 Å². The van der Waals surface area contributed by atoms with Crippen LogP contribution in [0.3, 0.4) is 0 Å². The number of aliphatic carboxylic acids is 1. The number of aromatic nitrogens is 1. The second kappa shape index (κ2) is 9.43. The van der Waals surface area contributed by atoms with Gasteiger partial charge in [-0.1, -0.05) is 42.5 Å². The van der Waals surface area contributed by atoms with Crippen LogP contribution in [-0.2, 0) is 9.59 Å². The maximum Gasteiger partial charge on any atom is 0.303 e. The number of rotatable bonds is 8. The first-order valence-electron chi connectivity index (χ1n) is 8.52. The topological polar surface area (TPSA) is 104 Å². The minimum Gasteiger partial charge on any atom is -0.481 e. The molecule has 0 radical (unpaired) electrons. The fraction of sp³-hybridized carbons (Fsp3) is 0.100. The zero-order chi connectivity index (χ0) is 19.8. The van der Waals surface area contributed by atoms with Crippen molar-refractivity contribution < 1.29 is 14.7 Å². The maximum absolute atomic E-state index is 11.7. The Balaban J connectivity index is 1.56. The lowest BCUT2D eigenvalue weighted by molar-refractivity contribution is -0.138. The van der Waals surface area contributed by atoms with Gasteiger partial charge < -0.3 is 10.4 Å². The highest BCUT2D eigenvalue weighted by atomic mass is 32.1. The second-order valence-electron chi connectivity index (χ2n) is 5.84. The Morgan fingerprint density at radius 1 is 1.07 bits per heavy atom. The van der Waals surface area contributed by atoms with Crippen molar-refractivity contribution >= 4 is 40.2 Å². The van der Waals surface area contributed by atoms with Crippen LogP contribution in [0.15, 0.2) is 65.1 Å². The molecule has 7 nitrogen and oxygen atoms in total. The van der Waals surface area contributed by atoms with Crippen molar-refractivity contribution in [2.24, 2.45) is 5.10 Å². The summed E-state index contributed by atoms with van der Waals surface area (Å²) >= 11 is 1.44. The summed E-state index contributed by atoms with van der Waals surface area (Å²) in [5, 5.41) is 18.0. The number of carboxylic acid groups (broad SMARTS) is 1. The molecule has 1 aromatic heterocycles. The Labute approximate surface area is 165 Å². The number of nitrogens with one attached hydrogen (secondary N) is 2. The molecule has 0 bridgehead atoms. The minimum absolute atomic E-state index is 0.0539. The highest BCUT2D eigenvalue weighted by Crippen LogP contribution is 2.26. The Kier molecular flexibility index (Phi) is 6.48. The fourth-order valence-corrected chi connectivity index (χ4v) is 3.00. The number of thiazole rings is 1. The molecule has 3 aromatic rings. The van der Waals surface area contributed by atoms with E-state index in [4.69, 9.17) is 5.11 Å². The average molecular weight is 394 g/mol. The standard InChI is InChI=1S/C20H18N4O3S/c25-18(10-11-19(26)27)22-16-8-6-15(7-9-16)17-13-28-20(23-17)24-21-12-14-4-2-1-3-5-14/h1-9,12-13H,10-11H2,(H,22,25)(H,23,24)(H,26,27)/b21-12+. The van der Waals surface area contributed by atoms with Crippen LogP contribution in [0.5, 0.6) is 0 Å². The summed E-state index contributed by atoms with van der Waals surface area (Å²) in [4.78, 5) is 26.7. The van der Waals surface area contributed by atoms with Crippen LogP contribution in [0.4, 0.5) is 10.8 Å². The van der Waals surface area contributed by atoms with Crippen molar-refractivity contribution in [3.8, 4) is 11.3 Å². The molecule has 142 valence electrons. The average Bonchev–Trinajstić information content (AvgIpc) is 3.17. The summed E-state index contributed by atoms with van der Waals surface area (Å²) in [7, 11) is 0. The van der Waals surface area contributed by atoms with Crippen molar-refractivity contribution in [2.45, 2.75) is 12.8 Å². The predicted octanol–water partition coefficient (Wildman–Crippen LogP) is 4.06. The van der Waals surface area contributed by atoms with Crippen LogP contribution in [-0.4, -0.2) is 28.2 Å².